The second kappa shape index (κ2) is 15.4. The first-order valence-electron chi connectivity index (χ1n) is 16.0. The third-order valence-electron chi connectivity index (χ3n) is 8.54. The molecule has 224 valence electrons. The quantitative estimate of drug-likeness (QED) is 0.159. The minimum absolute atomic E-state index is 0.277. The Balaban J connectivity index is 1.73. The summed E-state index contributed by atoms with van der Waals surface area (Å²) in [5.74, 6) is 4.68. The maximum atomic E-state index is 6.58. The van der Waals surface area contributed by atoms with Gasteiger partial charge in [0, 0.05) is 17.0 Å². The third-order valence-corrected chi connectivity index (χ3v) is 8.54. The number of hydrogen-bond donors (Lipinski definition) is 0. The highest BCUT2D eigenvalue weighted by Gasteiger charge is 2.21. The molecule has 0 radical (unpaired) electrons. The van der Waals surface area contributed by atoms with E-state index >= 15 is 0 Å². The van der Waals surface area contributed by atoms with Gasteiger partial charge in [0.05, 0.1) is 0 Å². The van der Waals surface area contributed by atoms with Crippen LogP contribution in [0.1, 0.15) is 119 Å². The molecule has 0 saturated heterocycles. The Morgan fingerprint density at radius 1 is 0.535 bits per heavy atom. The lowest BCUT2D eigenvalue weighted by molar-refractivity contribution is 0.468. The largest absolute Gasteiger partial charge is 0.456 e. The fourth-order valence-corrected chi connectivity index (χ4v) is 5.65. The molecule has 4 rings (SSSR count). The van der Waals surface area contributed by atoms with E-state index in [0.717, 1.165) is 53.4 Å². The van der Waals surface area contributed by atoms with Gasteiger partial charge in [0.15, 0.2) is 0 Å². The predicted octanol–water partition coefficient (Wildman–Crippen LogP) is 12.9. The van der Waals surface area contributed by atoms with Crippen molar-refractivity contribution in [3.8, 4) is 23.0 Å². The van der Waals surface area contributed by atoms with E-state index in [-0.39, 0.29) is 5.92 Å². The highest BCUT2D eigenvalue weighted by Crippen LogP contribution is 2.41. The highest BCUT2D eigenvalue weighted by atomic mass is 16.5. The van der Waals surface area contributed by atoms with Crippen molar-refractivity contribution in [2.24, 2.45) is 0 Å². The van der Waals surface area contributed by atoms with Gasteiger partial charge in [-0.15, -0.1) is 0 Å². The highest BCUT2D eigenvalue weighted by molar-refractivity contribution is 5.60. The average molecular weight is 573 g/mol. The van der Waals surface area contributed by atoms with Crippen LogP contribution in [0.25, 0.3) is 12.2 Å². The van der Waals surface area contributed by atoms with E-state index in [9.17, 15) is 0 Å². The third kappa shape index (κ3) is 7.68. The van der Waals surface area contributed by atoms with Crippen molar-refractivity contribution in [1.82, 2.24) is 0 Å². The van der Waals surface area contributed by atoms with Crippen LogP contribution in [-0.4, -0.2) is 0 Å². The van der Waals surface area contributed by atoms with E-state index in [1.807, 2.05) is 26.0 Å². The number of rotatable bonds is 13. The molecule has 0 aliphatic heterocycles. The van der Waals surface area contributed by atoms with Crippen molar-refractivity contribution < 1.29 is 9.47 Å². The Labute approximate surface area is 260 Å². The summed E-state index contributed by atoms with van der Waals surface area (Å²) in [5.41, 5.74) is 7.35. The Bertz CT molecular complexity index is 1430. The zero-order valence-corrected chi connectivity index (χ0v) is 27.1. The molecule has 2 nitrogen and oxygen atoms in total. The molecule has 0 aromatic heterocycles. The van der Waals surface area contributed by atoms with E-state index in [1.54, 1.807) is 0 Å². The van der Waals surface area contributed by atoms with Crippen LogP contribution in [0, 0.1) is 0 Å². The molecule has 2 atom stereocenters. The van der Waals surface area contributed by atoms with Gasteiger partial charge in [0.1, 0.15) is 23.0 Å². The molecule has 0 spiro atoms. The van der Waals surface area contributed by atoms with Crippen molar-refractivity contribution in [3.05, 3.63) is 130 Å². The van der Waals surface area contributed by atoms with Crippen LogP contribution < -0.4 is 9.47 Å². The summed E-state index contributed by atoms with van der Waals surface area (Å²) in [6.07, 6.45) is 11.4. The second-order valence-electron chi connectivity index (χ2n) is 11.5. The Morgan fingerprint density at radius 3 is 1.33 bits per heavy atom. The summed E-state index contributed by atoms with van der Waals surface area (Å²) in [4.78, 5) is 0. The van der Waals surface area contributed by atoms with Crippen LogP contribution in [0.2, 0.25) is 0 Å². The van der Waals surface area contributed by atoms with Gasteiger partial charge in [-0.1, -0.05) is 120 Å². The molecule has 0 aliphatic rings. The number of para-hydroxylation sites is 2. The minimum atomic E-state index is 0.277. The van der Waals surface area contributed by atoms with Gasteiger partial charge in [-0.05, 0) is 91.5 Å². The first-order chi connectivity index (χ1) is 20.9. The second-order valence-corrected chi connectivity index (χ2v) is 11.5. The van der Waals surface area contributed by atoms with Gasteiger partial charge in [-0.25, -0.2) is 0 Å². The normalized spacial score (nSPS) is 13.7. The van der Waals surface area contributed by atoms with Gasteiger partial charge in [0.2, 0.25) is 0 Å². The van der Waals surface area contributed by atoms with E-state index in [1.165, 1.54) is 22.3 Å². The van der Waals surface area contributed by atoms with E-state index < -0.39 is 0 Å². The lowest BCUT2D eigenvalue weighted by Gasteiger charge is -2.24. The van der Waals surface area contributed by atoms with Crippen LogP contribution in [0.4, 0.5) is 0 Å². The van der Waals surface area contributed by atoms with Gasteiger partial charge in [-0.2, -0.15) is 0 Å². The summed E-state index contributed by atoms with van der Waals surface area (Å²) in [6, 6.07) is 30.1. The zero-order valence-electron chi connectivity index (χ0n) is 27.1. The van der Waals surface area contributed by atoms with E-state index in [2.05, 4.69) is 132 Å². The Morgan fingerprint density at radius 2 is 0.953 bits per heavy atom. The molecule has 4 aromatic rings. The van der Waals surface area contributed by atoms with Gasteiger partial charge < -0.3 is 9.47 Å². The van der Waals surface area contributed by atoms with Crippen LogP contribution in [0.3, 0.4) is 0 Å². The average Bonchev–Trinajstić information content (AvgIpc) is 3.03. The SMILES string of the molecule is CC=Cc1ccccc1Oc1ccc(C(CC)c2ccc(Oc3ccccc3C=CC)c(C(C)CC)c2)cc1C(C)CC. The molecular weight excluding hydrogens is 524 g/mol. The van der Waals surface area contributed by atoms with E-state index in [4.69, 9.17) is 9.47 Å². The van der Waals surface area contributed by atoms with Crippen LogP contribution in [0.15, 0.2) is 97.1 Å². The van der Waals surface area contributed by atoms with Crippen LogP contribution >= 0.6 is 0 Å². The van der Waals surface area contributed by atoms with Crippen molar-refractivity contribution in [2.75, 3.05) is 0 Å². The monoisotopic (exact) mass is 572 g/mol. The molecule has 4 aromatic carbocycles. The lowest BCUT2D eigenvalue weighted by Crippen LogP contribution is -2.06. The summed E-state index contributed by atoms with van der Waals surface area (Å²) < 4.78 is 13.2. The standard InChI is InChI=1S/C41H48O2/c1-8-17-31-19-13-15-21-38(31)42-40-25-23-33(27-36(40)29(6)10-3)35(12-5)34-24-26-41(37(28-34)30(7)11-4)43-39-22-16-14-20-32(39)18-9-2/h8-9,13-30,35H,10-12H2,1-7H3. The molecule has 2 heteroatoms. The number of allylic oxidation sites excluding steroid dienone is 2. The Hall–Kier alpha value is -4.04. The van der Waals surface area contributed by atoms with Crippen LogP contribution in [-0.2, 0) is 0 Å². The molecule has 0 bridgehead atoms. The van der Waals surface area contributed by atoms with E-state index in [0.29, 0.717) is 11.8 Å². The lowest BCUT2D eigenvalue weighted by atomic mass is 9.84. The molecular formula is C41H48O2. The van der Waals surface area contributed by atoms with Crippen LogP contribution in [0.5, 0.6) is 23.0 Å². The maximum absolute atomic E-state index is 6.58. The molecule has 0 heterocycles. The molecule has 0 aliphatic carbocycles. The molecule has 0 amide bonds. The topological polar surface area (TPSA) is 18.5 Å². The fourth-order valence-electron chi connectivity index (χ4n) is 5.65. The van der Waals surface area contributed by atoms with Gasteiger partial charge in [0.25, 0.3) is 0 Å². The first-order valence-corrected chi connectivity index (χ1v) is 16.0. The smallest absolute Gasteiger partial charge is 0.134 e. The molecule has 43 heavy (non-hydrogen) atoms. The predicted molar refractivity (Wildman–Crippen MR) is 185 cm³/mol. The summed E-state index contributed by atoms with van der Waals surface area (Å²) in [7, 11) is 0. The molecule has 0 saturated carbocycles. The van der Waals surface area contributed by atoms with Gasteiger partial charge >= 0.3 is 0 Å². The molecule has 0 N–H and O–H groups in total. The first kappa shape index (κ1) is 31.9. The minimum Gasteiger partial charge on any atom is -0.456 e. The van der Waals surface area contributed by atoms with Crippen molar-refractivity contribution in [1.29, 1.82) is 0 Å². The zero-order chi connectivity index (χ0) is 30.8. The number of ether oxygens (including phenoxy) is 2. The summed E-state index contributed by atoms with van der Waals surface area (Å²) >= 11 is 0. The number of hydrogen-bond acceptors (Lipinski definition) is 2. The fraction of sp³-hybridized carbons (Fsp3) is 0.317. The Kier molecular flexibility index (Phi) is 11.4. The maximum Gasteiger partial charge on any atom is 0.134 e. The van der Waals surface area contributed by atoms with Crippen molar-refractivity contribution >= 4 is 12.2 Å². The number of benzene rings is 4. The molecule has 2 unspecified atom stereocenters. The summed E-state index contributed by atoms with van der Waals surface area (Å²) in [6.45, 7) is 15.4. The molecule has 0 fully saturated rings. The van der Waals surface area contributed by atoms with Crippen molar-refractivity contribution in [3.63, 3.8) is 0 Å². The van der Waals surface area contributed by atoms with Gasteiger partial charge in [-0.3, -0.25) is 0 Å². The van der Waals surface area contributed by atoms with Crippen molar-refractivity contribution in [2.45, 2.75) is 85.5 Å². The summed E-state index contributed by atoms with van der Waals surface area (Å²) in [5, 5.41) is 0.